The van der Waals surface area contributed by atoms with Crippen molar-refractivity contribution in [3.8, 4) is 0 Å². The molecule has 120 valence electrons. The predicted molar refractivity (Wildman–Crippen MR) is 84.8 cm³/mol. The molecule has 2 aliphatic rings. The number of nitrogens with zero attached hydrogens (tertiary/aromatic N) is 3. The quantitative estimate of drug-likeness (QED) is 0.839. The Morgan fingerprint density at radius 2 is 2.04 bits per heavy atom. The SMILES string of the molecule is O=C(c1ccc(Cn2ccnc2)cc1)N1CC2CC1CS2(=O)=O. The first-order valence-corrected chi connectivity index (χ1v) is 9.32. The fraction of sp³-hybridized carbons (Fsp3) is 0.375. The molecule has 2 bridgehead atoms. The number of rotatable bonds is 3. The van der Waals surface area contributed by atoms with Crippen molar-refractivity contribution in [1.82, 2.24) is 14.5 Å². The number of sulfone groups is 1. The number of imidazole rings is 1. The van der Waals surface area contributed by atoms with Crippen molar-refractivity contribution in [2.24, 2.45) is 0 Å². The highest BCUT2D eigenvalue weighted by atomic mass is 32.2. The summed E-state index contributed by atoms with van der Waals surface area (Å²) in [5.41, 5.74) is 1.70. The first-order chi connectivity index (χ1) is 11.0. The van der Waals surface area contributed by atoms with E-state index in [1.54, 1.807) is 17.4 Å². The molecule has 2 unspecified atom stereocenters. The van der Waals surface area contributed by atoms with Gasteiger partial charge in [0.25, 0.3) is 5.91 Å². The van der Waals surface area contributed by atoms with Crippen molar-refractivity contribution in [2.75, 3.05) is 12.3 Å². The Hall–Kier alpha value is -2.15. The van der Waals surface area contributed by atoms with Crippen molar-refractivity contribution in [3.63, 3.8) is 0 Å². The Kier molecular flexibility index (Phi) is 3.26. The minimum atomic E-state index is -2.97. The molecule has 0 spiro atoms. The molecule has 2 aromatic rings. The van der Waals surface area contributed by atoms with Gasteiger partial charge in [0.05, 0.1) is 17.3 Å². The molecule has 2 fully saturated rings. The van der Waals surface area contributed by atoms with E-state index >= 15 is 0 Å². The van der Waals surface area contributed by atoms with E-state index in [9.17, 15) is 13.2 Å². The fourth-order valence-electron chi connectivity index (χ4n) is 3.45. The molecule has 2 saturated heterocycles. The summed E-state index contributed by atoms with van der Waals surface area (Å²) < 4.78 is 25.5. The van der Waals surface area contributed by atoms with Crippen LogP contribution in [0.15, 0.2) is 43.0 Å². The van der Waals surface area contributed by atoms with Crippen LogP contribution in [0.4, 0.5) is 0 Å². The fourth-order valence-corrected chi connectivity index (χ4v) is 5.48. The summed E-state index contributed by atoms with van der Waals surface area (Å²) in [6.07, 6.45) is 5.96. The molecule has 2 atom stereocenters. The smallest absolute Gasteiger partial charge is 0.254 e. The average Bonchev–Trinajstić information content (AvgIpc) is 3.22. The third-order valence-corrected chi connectivity index (χ3v) is 6.90. The van der Waals surface area contributed by atoms with E-state index in [1.807, 2.05) is 35.0 Å². The summed E-state index contributed by atoms with van der Waals surface area (Å²) in [5.74, 6) is 0.0452. The van der Waals surface area contributed by atoms with Crippen molar-refractivity contribution in [2.45, 2.75) is 24.3 Å². The zero-order valence-corrected chi connectivity index (χ0v) is 13.3. The molecule has 0 aliphatic carbocycles. The molecule has 6 nitrogen and oxygen atoms in total. The summed E-state index contributed by atoms with van der Waals surface area (Å²) in [6.45, 7) is 1.05. The van der Waals surface area contributed by atoms with E-state index in [2.05, 4.69) is 4.98 Å². The van der Waals surface area contributed by atoms with Gasteiger partial charge in [-0.15, -0.1) is 0 Å². The number of fused-ring (bicyclic) bond motifs is 2. The third-order valence-electron chi connectivity index (χ3n) is 4.69. The summed E-state index contributed by atoms with van der Waals surface area (Å²) in [7, 11) is -2.97. The lowest BCUT2D eigenvalue weighted by atomic mass is 10.1. The lowest BCUT2D eigenvalue weighted by molar-refractivity contribution is 0.0746. The van der Waals surface area contributed by atoms with Gasteiger partial charge in [-0.1, -0.05) is 12.1 Å². The van der Waals surface area contributed by atoms with Gasteiger partial charge in [-0.25, -0.2) is 13.4 Å². The molecular weight excluding hydrogens is 314 g/mol. The maximum atomic E-state index is 12.6. The Morgan fingerprint density at radius 1 is 1.26 bits per heavy atom. The number of carbonyl (C=O) groups is 1. The van der Waals surface area contributed by atoms with Crippen LogP contribution in [-0.2, 0) is 16.4 Å². The molecule has 0 N–H and O–H groups in total. The molecule has 7 heteroatoms. The highest BCUT2D eigenvalue weighted by molar-refractivity contribution is 7.92. The number of hydrogen-bond donors (Lipinski definition) is 0. The maximum absolute atomic E-state index is 12.6. The summed E-state index contributed by atoms with van der Waals surface area (Å²) >= 11 is 0. The second-order valence-electron chi connectivity index (χ2n) is 6.23. The lowest BCUT2D eigenvalue weighted by Gasteiger charge is -2.27. The minimum Gasteiger partial charge on any atom is -0.333 e. The summed E-state index contributed by atoms with van der Waals surface area (Å²) in [6, 6.07) is 7.34. The monoisotopic (exact) mass is 331 g/mol. The van der Waals surface area contributed by atoms with Crippen LogP contribution in [0, 0.1) is 0 Å². The number of hydrogen-bond acceptors (Lipinski definition) is 4. The molecule has 1 aromatic carbocycles. The highest BCUT2D eigenvalue weighted by Gasteiger charge is 2.50. The summed E-state index contributed by atoms with van der Waals surface area (Å²) in [5, 5.41) is -0.364. The van der Waals surface area contributed by atoms with Gasteiger partial charge in [-0.05, 0) is 24.1 Å². The normalized spacial score (nSPS) is 25.0. The van der Waals surface area contributed by atoms with Gasteiger partial charge in [0.2, 0.25) is 0 Å². The molecule has 0 saturated carbocycles. The van der Waals surface area contributed by atoms with Gasteiger partial charge in [0.1, 0.15) is 0 Å². The van der Waals surface area contributed by atoms with Crippen LogP contribution in [-0.4, -0.2) is 52.4 Å². The first kappa shape index (κ1) is 14.4. The van der Waals surface area contributed by atoms with Crippen LogP contribution in [0.2, 0.25) is 0 Å². The van der Waals surface area contributed by atoms with E-state index in [4.69, 9.17) is 0 Å². The van der Waals surface area contributed by atoms with Gasteiger partial charge in [-0.2, -0.15) is 0 Å². The second-order valence-corrected chi connectivity index (χ2v) is 8.56. The maximum Gasteiger partial charge on any atom is 0.254 e. The van der Waals surface area contributed by atoms with E-state index in [0.29, 0.717) is 25.1 Å². The average molecular weight is 331 g/mol. The Morgan fingerprint density at radius 3 is 2.61 bits per heavy atom. The number of carbonyl (C=O) groups excluding carboxylic acids is 1. The van der Waals surface area contributed by atoms with E-state index in [0.717, 1.165) is 5.56 Å². The topological polar surface area (TPSA) is 72.3 Å². The standard InChI is InChI=1S/C16H17N3O3S/c20-16(19-9-15-7-14(19)10-23(15,21)22)13-3-1-12(2-4-13)8-18-6-5-17-11-18/h1-6,11,14-15H,7-10H2. The largest absolute Gasteiger partial charge is 0.333 e. The van der Waals surface area contributed by atoms with Gasteiger partial charge < -0.3 is 9.47 Å². The molecule has 4 rings (SSSR count). The molecule has 0 radical (unpaired) electrons. The molecule has 1 amide bonds. The number of likely N-dealkylation sites (tertiary alicyclic amines) is 1. The van der Waals surface area contributed by atoms with Crippen molar-refractivity contribution >= 4 is 15.7 Å². The highest BCUT2D eigenvalue weighted by Crippen LogP contribution is 2.33. The molecule has 23 heavy (non-hydrogen) atoms. The van der Waals surface area contributed by atoms with Crippen molar-refractivity contribution in [1.29, 1.82) is 0 Å². The first-order valence-electron chi connectivity index (χ1n) is 7.60. The van der Waals surface area contributed by atoms with Crippen LogP contribution in [0.25, 0.3) is 0 Å². The number of benzene rings is 1. The lowest BCUT2D eigenvalue weighted by Crippen LogP contribution is -2.44. The van der Waals surface area contributed by atoms with Crippen LogP contribution in [0.1, 0.15) is 22.3 Å². The van der Waals surface area contributed by atoms with Gasteiger partial charge in [0.15, 0.2) is 9.84 Å². The molecule has 1 aromatic heterocycles. The van der Waals surface area contributed by atoms with Crippen molar-refractivity contribution < 1.29 is 13.2 Å². The Bertz CT molecular complexity index is 828. The molecule has 3 heterocycles. The van der Waals surface area contributed by atoms with Gasteiger partial charge in [-0.3, -0.25) is 4.79 Å². The van der Waals surface area contributed by atoms with Crippen LogP contribution >= 0.6 is 0 Å². The zero-order valence-electron chi connectivity index (χ0n) is 12.5. The van der Waals surface area contributed by atoms with E-state index in [1.165, 1.54) is 0 Å². The number of amides is 1. The third kappa shape index (κ3) is 2.55. The van der Waals surface area contributed by atoms with Crippen LogP contribution < -0.4 is 0 Å². The van der Waals surface area contributed by atoms with Crippen molar-refractivity contribution in [3.05, 3.63) is 54.1 Å². The summed E-state index contributed by atoms with van der Waals surface area (Å²) in [4.78, 5) is 18.3. The number of aromatic nitrogens is 2. The van der Waals surface area contributed by atoms with E-state index in [-0.39, 0.29) is 23.0 Å². The van der Waals surface area contributed by atoms with Crippen LogP contribution in [0.5, 0.6) is 0 Å². The zero-order chi connectivity index (χ0) is 16.0. The van der Waals surface area contributed by atoms with E-state index < -0.39 is 9.84 Å². The van der Waals surface area contributed by atoms with Gasteiger partial charge in [0, 0.05) is 37.1 Å². The molecule has 2 aliphatic heterocycles. The Labute approximate surface area is 134 Å². The van der Waals surface area contributed by atoms with Gasteiger partial charge >= 0.3 is 0 Å². The second kappa shape index (κ2) is 5.19. The van der Waals surface area contributed by atoms with Crippen LogP contribution in [0.3, 0.4) is 0 Å². The minimum absolute atomic E-state index is 0.0680. The Balaban J connectivity index is 1.47. The molecular formula is C16H17N3O3S. The predicted octanol–water partition coefficient (Wildman–Crippen LogP) is 0.943.